The largest absolute Gasteiger partial charge is 0.493 e. The number of carboxylic acids is 1. The van der Waals surface area contributed by atoms with Crippen molar-refractivity contribution in [2.24, 2.45) is 5.10 Å². The van der Waals surface area contributed by atoms with E-state index in [1.54, 1.807) is 54.7 Å². The molecule has 0 spiro atoms. The first kappa shape index (κ1) is 20.5. The van der Waals surface area contributed by atoms with Gasteiger partial charge in [0, 0.05) is 12.4 Å². The van der Waals surface area contributed by atoms with E-state index < -0.39 is 5.97 Å². The Morgan fingerprint density at radius 2 is 1.93 bits per heavy atom. The Kier molecular flexibility index (Phi) is 6.73. The molecule has 152 valence electrons. The summed E-state index contributed by atoms with van der Waals surface area (Å²) in [6, 6.07) is 15.0. The number of methoxy groups -OCH3 is 1. The number of carbonyl (C=O) groups is 2. The van der Waals surface area contributed by atoms with E-state index in [-0.39, 0.29) is 18.1 Å². The van der Waals surface area contributed by atoms with Crippen LogP contribution < -0.4 is 14.9 Å². The van der Waals surface area contributed by atoms with Gasteiger partial charge in [0.05, 0.1) is 24.5 Å². The van der Waals surface area contributed by atoms with Gasteiger partial charge in [0.2, 0.25) is 0 Å². The number of nitrogens with one attached hydrogen (secondary N) is 1. The summed E-state index contributed by atoms with van der Waals surface area (Å²) >= 11 is 0. The van der Waals surface area contributed by atoms with Crippen molar-refractivity contribution in [2.75, 3.05) is 7.11 Å². The number of carboxylic acid groups (broad SMARTS) is 1. The molecule has 8 heteroatoms. The van der Waals surface area contributed by atoms with Gasteiger partial charge >= 0.3 is 5.97 Å². The van der Waals surface area contributed by atoms with E-state index in [4.69, 9.17) is 14.6 Å². The van der Waals surface area contributed by atoms with Crippen molar-refractivity contribution in [3.05, 3.63) is 89.2 Å². The highest BCUT2D eigenvalue weighted by atomic mass is 16.5. The van der Waals surface area contributed by atoms with Gasteiger partial charge < -0.3 is 14.6 Å². The second kappa shape index (κ2) is 9.83. The smallest absolute Gasteiger partial charge is 0.335 e. The maximum atomic E-state index is 12.0. The second-order valence-corrected chi connectivity index (χ2v) is 6.15. The summed E-state index contributed by atoms with van der Waals surface area (Å²) in [6.07, 6.45) is 4.52. The number of hydrogen-bond acceptors (Lipinski definition) is 6. The van der Waals surface area contributed by atoms with E-state index in [2.05, 4.69) is 15.5 Å². The second-order valence-electron chi connectivity index (χ2n) is 6.15. The molecule has 3 rings (SSSR count). The van der Waals surface area contributed by atoms with Gasteiger partial charge in [0.15, 0.2) is 11.5 Å². The Morgan fingerprint density at radius 1 is 1.10 bits per heavy atom. The summed E-state index contributed by atoms with van der Waals surface area (Å²) in [5, 5.41) is 13.0. The Bertz CT molecular complexity index is 1070. The number of hydrogen-bond donors (Lipinski definition) is 2. The van der Waals surface area contributed by atoms with Crippen LogP contribution in [0.25, 0.3) is 0 Å². The minimum absolute atomic E-state index is 0.187. The molecule has 1 heterocycles. The molecule has 0 unspecified atom stereocenters. The van der Waals surface area contributed by atoms with E-state index in [1.807, 2.05) is 0 Å². The van der Waals surface area contributed by atoms with Crippen LogP contribution in [-0.4, -0.2) is 35.3 Å². The number of hydrazone groups is 1. The van der Waals surface area contributed by atoms with Crippen molar-refractivity contribution in [1.82, 2.24) is 10.4 Å². The fraction of sp³-hybridized carbons (Fsp3) is 0.0909. The van der Waals surface area contributed by atoms with Crippen LogP contribution >= 0.6 is 0 Å². The van der Waals surface area contributed by atoms with Crippen LogP contribution in [0.2, 0.25) is 0 Å². The molecule has 2 aromatic carbocycles. The topological polar surface area (TPSA) is 110 Å². The first-order chi connectivity index (χ1) is 14.6. The maximum Gasteiger partial charge on any atom is 0.335 e. The number of aromatic carboxylic acids is 1. The lowest BCUT2D eigenvalue weighted by Crippen LogP contribution is -2.17. The van der Waals surface area contributed by atoms with Gasteiger partial charge in [0.25, 0.3) is 5.91 Å². The third-order valence-electron chi connectivity index (χ3n) is 4.06. The van der Waals surface area contributed by atoms with Gasteiger partial charge in [-0.05, 0) is 53.6 Å². The number of rotatable bonds is 8. The number of pyridine rings is 1. The standard InChI is InChI=1S/C22H19N3O5/c1-29-20-11-15(12-24-25-21(26)18-6-3-9-23-13-18)7-8-19(20)30-14-16-4-2-5-17(10-16)22(27)28/h2-13H,14H2,1H3,(H,25,26)(H,27,28)/b24-12-. The zero-order chi connectivity index (χ0) is 21.3. The normalized spacial score (nSPS) is 10.6. The molecule has 2 N–H and O–H groups in total. The van der Waals surface area contributed by atoms with E-state index in [9.17, 15) is 9.59 Å². The number of aromatic nitrogens is 1. The maximum absolute atomic E-state index is 12.0. The highest BCUT2D eigenvalue weighted by Crippen LogP contribution is 2.28. The number of amides is 1. The summed E-state index contributed by atoms with van der Waals surface area (Å²) in [7, 11) is 1.51. The van der Waals surface area contributed by atoms with Crippen LogP contribution in [0.5, 0.6) is 11.5 Å². The fourth-order valence-corrected chi connectivity index (χ4v) is 2.57. The van der Waals surface area contributed by atoms with Crippen LogP contribution in [-0.2, 0) is 6.61 Å². The zero-order valence-corrected chi connectivity index (χ0v) is 16.1. The molecule has 0 bridgehead atoms. The summed E-state index contributed by atoms with van der Waals surface area (Å²) in [6.45, 7) is 0.187. The molecule has 0 radical (unpaired) electrons. The first-order valence-electron chi connectivity index (χ1n) is 8.93. The Labute approximate surface area is 172 Å². The van der Waals surface area contributed by atoms with Gasteiger partial charge in [-0.3, -0.25) is 9.78 Å². The average Bonchev–Trinajstić information content (AvgIpc) is 2.78. The predicted octanol–water partition coefficient (Wildman–Crippen LogP) is 3.13. The number of carbonyl (C=O) groups excluding carboxylic acids is 1. The molecular formula is C22H19N3O5. The molecule has 0 saturated carbocycles. The van der Waals surface area contributed by atoms with Crippen molar-refractivity contribution < 1.29 is 24.2 Å². The SMILES string of the molecule is COc1cc(/C=N\NC(=O)c2cccnc2)ccc1OCc1cccc(C(=O)O)c1. The Hall–Kier alpha value is -4.20. The molecule has 0 fully saturated rings. The fourth-order valence-electron chi connectivity index (χ4n) is 2.57. The molecule has 0 saturated heterocycles. The summed E-state index contributed by atoms with van der Waals surface area (Å²) < 4.78 is 11.1. The van der Waals surface area contributed by atoms with Crippen LogP contribution in [0.15, 0.2) is 72.1 Å². The van der Waals surface area contributed by atoms with Crippen LogP contribution in [0.1, 0.15) is 31.8 Å². The quantitative estimate of drug-likeness (QED) is 0.440. The molecular weight excluding hydrogens is 386 g/mol. The lowest BCUT2D eigenvalue weighted by molar-refractivity contribution is 0.0696. The number of nitrogens with zero attached hydrogens (tertiary/aromatic N) is 2. The van der Waals surface area contributed by atoms with E-state index in [0.717, 1.165) is 5.56 Å². The molecule has 0 aliphatic heterocycles. The molecule has 1 amide bonds. The molecule has 8 nitrogen and oxygen atoms in total. The van der Waals surface area contributed by atoms with Crippen LogP contribution in [0.4, 0.5) is 0 Å². The number of benzene rings is 2. The molecule has 30 heavy (non-hydrogen) atoms. The van der Waals surface area contributed by atoms with Crippen molar-refractivity contribution in [3.63, 3.8) is 0 Å². The number of ether oxygens (including phenoxy) is 2. The van der Waals surface area contributed by atoms with Crippen molar-refractivity contribution in [3.8, 4) is 11.5 Å². The summed E-state index contributed by atoms with van der Waals surface area (Å²) in [5.74, 6) is -0.384. The lowest BCUT2D eigenvalue weighted by Gasteiger charge is -2.11. The minimum Gasteiger partial charge on any atom is -0.493 e. The molecule has 0 aliphatic carbocycles. The van der Waals surface area contributed by atoms with Gasteiger partial charge in [-0.2, -0.15) is 5.10 Å². The predicted molar refractivity (Wildman–Crippen MR) is 110 cm³/mol. The van der Waals surface area contributed by atoms with E-state index in [0.29, 0.717) is 22.6 Å². The van der Waals surface area contributed by atoms with Gasteiger partial charge in [-0.25, -0.2) is 10.2 Å². The van der Waals surface area contributed by atoms with Crippen LogP contribution in [0.3, 0.4) is 0 Å². The lowest BCUT2D eigenvalue weighted by atomic mass is 10.1. The summed E-state index contributed by atoms with van der Waals surface area (Å²) in [4.78, 5) is 26.9. The zero-order valence-electron chi connectivity index (χ0n) is 16.1. The Morgan fingerprint density at radius 3 is 2.67 bits per heavy atom. The van der Waals surface area contributed by atoms with E-state index in [1.165, 1.54) is 25.6 Å². The van der Waals surface area contributed by atoms with Gasteiger partial charge in [-0.1, -0.05) is 12.1 Å². The third kappa shape index (κ3) is 5.41. The third-order valence-corrected chi connectivity index (χ3v) is 4.06. The first-order valence-corrected chi connectivity index (χ1v) is 8.93. The minimum atomic E-state index is -0.992. The molecule has 1 aromatic heterocycles. The van der Waals surface area contributed by atoms with Crippen molar-refractivity contribution in [1.29, 1.82) is 0 Å². The summed E-state index contributed by atoms with van der Waals surface area (Å²) in [5.41, 5.74) is 4.45. The highest BCUT2D eigenvalue weighted by molar-refractivity contribution is 5.94. The monoisotopic (exact) mass is 405 g/mol. The molecule has 0 aliphatic rings. The van der Waals surface area contributed by atoms with Gasteiger partial charge in [-0.15, -0.1) is 0 Å². The van der Waals surface area contributed by atoms with E-state index >= 15 is 0 Å². The van der Waals surface area contributed by atoms with Crippen molar-refractivity contribution >= 4 is 18.1 Å². The Balaban J connectivity index is 1.64. The molecule has 0 atom stereocenters. The van der Waals surface area contributed by atoms with Crippen molar-refractivity contribution in [2.45, 2.75) is 6.61 Å². The average molecular weight is 405 g/mol. The van der Waals surface area contributed by atoms with Gasteiger partial charge in [0.1, 0.15) is 6.61 Å². The van der Waals surface area contributed by atoms with Crippen LogP contribution in [0, 0.1) is 0 Å². The highest BCUT2D eigenvalue weighted by Gasteiger charge is 2.08. The molecule has 3 aromatic rings.